The van der Waals surface area contributed by atoms with Gasteiger partial charge in [0, 0.05) is 0 Å². The normalized spacial score (nSPS) is 14.2. The van der Waals surface area contributed by atoms with Gasteiger partial charge in [-0.15, -0.1) is 0 Å². The van der Waals surface area contributed by atoms with E-state index in [1.54, 1.807) is 0 Å². The van der Waals surface area contributed by atoms with E-state index in [0.717, 1.165) is 6.42 Å². The smallest absolute Gasteiger partial charge is 0.0162 e. The van der Waals surface area contributed by atoms with Crippen LogP contribution in [-0.4, -0.2) is 0 Å². The van der Waals surface area contributed by atoms with E-state index in [0.29, 0.717) is 0 Å². The van der Waals surface area contributed by atoms with E-state index in [2.05, 4.69) is 48.6 Å². The van der Waals surface area contributed by atoms with Crippen LogP contribution in [0.1, 0.15) is 17.5 Å². The third-order valence-electron chi connectivity index (χ3n) is 1.86. The average molecular weight is 142 g/mol. The van der Waals surface area contributed by atoms with E-state index in [-0.39, 0.29) is 0 Å². The molecule has 0 aromatic heterocycles. The average Bonchev–Trinajstić information content (AvgIpc) is 2.28. The Bertz CT molecular complexity index is 275. The molecule has 1 aromatic carbocycles. The lowest BCUT2D eigenvalue weighted by Crippen LogP contribution is -1.76. The molecular weight excluding hydrogens is 132 g/mol. The Balaban J connectivity index is 2.58. The molecule has 0 nitrogen and oxygen atoms in total. The van der Waals surface area contributed by atoms with Crippen molar-refractivity contribution in [3.63, 3.8) is 0 Å². The number of allylic oxidation sites excluding steroid dienone is 2. The van der Waals surface area contributed by atoms with Gasteiger partial charge >= 0.3 is 0 Å². The topological polar surface area (TPSA) is 0 Å². The first-order valence-electron chi connectivity index (χ1n) is 3.89. The van der Waals surface area contributed by atoms with Gasteiger partial charge in [-0.3, -0.25) is 0 Å². The fourth-order valence-electron chi connectivity index (χ4n) is 1.28. The molecule has 0 radical (unpaired) electrons. The van der Waals surface area contributed by atoms with Crippen LogP contribution in [-0.2, 0) is 0 Å². The molecule has 0 fully saturated rings. The highest BCUT2D eigenvalue weighted by Gasteiger charge is 1.94. The molecule has 0 heteroatoms. The second-order valence-corrected chi connectivity index (χ2v) is 2.67. The molecule has 0 N–H and O–H groups in total. The first-order valence-corrected chi connectivity index (χ1v) is 3.89. The van der Waals surface area contributed by atoms with Gasteiger partial charge in [0.25, 0.3) is 0 Å². The van der Waals surface area contributed by atoms with Gasteiger partial charge in [-0.05, 0) is 17.5 Å². The summed E-state index contributed by atoms with van der Waals surface area (Å²) in [7, 11) is 0. The summed E-state index contributed by atoms with van der Waals surface area (Å²) >= 11 is 0. The first kappa shape index (κ1) is 6.41. The van der Waals surface area contributed by atoms with E-state index in [9.17, 15) is 0 Å². The number of hydrogen-bond acceptors (Lipinski definition) is 0. The summed E-state index contributed by atoms with van der Waals surface area (Å²) in [5.41, 5.74) is 2.64. The van der Waals surface area contributed by atoms with Gasteiger partial charge in [0.05, 0.1) is 0 Å². The Kier molecular flexibility index (Phi) is 1.60. The highest BCUT2D eigenvalue weighted by molar-refractivity contribution is 5.67. The van der Waals surface area contributed by atoms with Gasteiger partial charge in [0.15, 0.2) is 0 Å². The van der Waals surface area contributed by atoms with Crippen LogP contribution in [0, 0.1) is 0 Å². The van der Waals surface area contributed by atoms with Gasteiger partial charge in [-0.25, -0.2) is 0 Å². The molecule has 11 heavy (non-hydrogen) atoms. The summed E-state index contributed by atoms with van der Waals surface area (Å²) in [6.45, 7) is 0. The fourth-order valence-corrected chi connectivity index (χ4v) is 1.28. The third kappa shape index (κ3) is 1.25. The van der Waals surface area contributed by atoms with Gasteiger partial charge in [0.2, 0.25) is 0 Å². The Morgan fingerprint density at radius 1 is 0.818 bits per heavy atom. The monoisotopic (exact) mass is 142 g/mol. The van der Waals surface area contributed by atoms with Gasteiger partial charge in [-0.1, -0.05) is 48.6 Å². The molecule has 1 aliphatic carbocycles. The minimum absolute atomic E-state index is 1.05. The quantitative estimate of drug-likeness (QED) is 0.522. The van der Waals surface area contributed by atoms with E-state index >= 15 is 0 Å². The maximum atomic E-state index is 2.18. The summed E-state index contributed by atoms with van der Waals surface area (Å²) in [5, 5.41) is 0. The van der Waals surface area contributed by atoms with Crippen LogP contribution >= 0.6 is 0 Å². The van der Waals surface area contributed by atoms with Crippen molar-refractivity contribution in [3.8, 4) is 0 Å². The van der Waals surface area contributed by atoms with Crippen LogP contribution in [0.2, 0.25) is 0 Å². The molecule has 1 aliphatic rings. The second-order valence-electron chi connectivity index (χ2n) is 2.67. The predicted molar refractivity (Wildman–Crippen MR) is 49.1 cm³/mol. The Hall–Kier alpha value is -1.30. The summed E-state index contributed by atoms with van der Waals surface area (Å²) in [6.07, 6.45) is 9.77. The second kappa shape index (κ2) is 2.75. The van der Waals surface area contributed by atoms with Crippen LogP contribution in [0.25, 0.3) is 12.2 Å². The van der Waals surface area contributed by atoms with E-state index in [1.807, 2.05) is 0 Å². The van der Waals surface area contributed by atoms with Crippen molar-refractivity contribution in [2.75, 3.05) is 0 Å². The highest BCUT2D eigenvalue weighted by Crippen LogP contribution is 2.15. The van der Waals surface area contributed by atoms with Crippen LogP contribution in [0.15, 0.2) is 36.4 Å². The maximum absolute atomic E-state index is 2.18. The number of hydrogen-bond donors (Lipinski definition) is 0. The van der Waals surface area contributed by atoms with Crippen molar-refractivity contribution in [1.82, 2.24) is 0 Å². The van der Waals surface area contributed by atoms with Crippen LogP contribution in [0.4, 0.5) is 0 Å². The molecule has 0 bridgehead atoms. The Labute approximate surface area is 66.9 Å². The maximum Gasteiger partial charge on any atom is -0.0162 e. The minimum Gasteiger partial charge on any atom is -0.0801 e. The molecule has 0 aliphatic heterocycles. The van der Waals surface area contributed by atoms with Crippen molar-refractivity contribution in [2.24, 2.45) is 0 Å². The van der Waals surface area contributed by atoms with Crippen molar-refractivity contribution in [1.29, 1.82) is 0 Å². The molecule has 2 rings (SSSR count). The summed E-state index contributed by atoms with van der Waals surface area (Å²) in [5.74, 6) is 0. The van der Waals surface area contributed by atoms with E-state index in [4.69, 9.17) is 0 Å². The summed E-state index contributed by atoms with van der Waals surface area (Å²) < 4.78 is 0. The molecule has 1 aromatic rings. The highest BCUT2D eigenvalue weighted by atomic mass is 14.0. The molecule has 0 heterocycles. The van der Waals surface area contributed by atoms with E-state index < -0.39 is 0 Å². The Morgan fingerprint density at radius 3 is 1.91 bits per heavy atom. The number of fused-ring (bicyclic) bond motifs is 1. The van der Waals surface area contributed by atoms with Gasteiger partial charge in [-0.2, -0.15) is 0 Å². The molecule has 0 amide bonds. The molecule has 0 saturated carbocycles. The van der Waals surface area contributed by atoms with Crippen molar-refractivity contribution < 1.29 is 0 Å². The standard InChI is InChI=1S/C11H10/c1-2-6-10-8-4-5-9-11(10)7-3-1/h2-9H,1H2. The zero-order valence-electron chi connectivity index (χ0n) is 6.33. The fraction of sp³-hybridized carbons (Fsp3) is 0.0909. The summed E-state index contributed by atoms with van der Waals surface area (Å²) in [6, 6.07) is 8.42. The summed E-state index contributed by atoms with van der Waals surface area (Å²) in [4.78, 5) is 0. The SMILES string of the molecule is C1=Cc2ccccc2C=CC1. The molecule has 0 unspecified atom stereocenters. The first-order chi connectivity index (χ1) is 5.47. The van der Waals surface area contributed by atoms with E-state index in [1.165, 1.54) is 11.1 Å². The third-order valence-corrected chi connectivity index (χ3v) is 1.86. The number of benzene rings is 1. The van der Waals surface area contributed by atoms with Crippen LogP contribution < -0.4 is 0 Å². The predicted octanol–water partition coefficient (Wildman–Crippen LogP) is 3.12. The molecular formula is C11H10. The molecule has 0 saturated heterocycles. The molecule has 54 valence electrons. The number of rotatable bonds is 0. The van der Waals surface area contributed by atoms with Crippen molar-refractivity contribution in [2.45, 2.75) is 6.42 Å². The Morgan fingerprint density at radius 2 is 1.36 bits per heavy atom. The zero-order chi connectivity index (χ0) is 7.52. The lowest BCUT2D eigenvalue weighted by molar-refractivity contribution is 1.44. The lowest BCUT2D eigenvalue weighted by Gasteiger charge is -1.96. The molecule has 0 atom stereocenters. The minimum atomic E-state index is 1.05. The van der Waals surface area contributed by atoms with Crippen molar-refractivity contribution in [3.05, 3.63) is 47.5 Å². The van der Waals surface area contributed by atoms with Crippen LogP contribution in [0.3, 0.4) is 0 Å². The molecule has 0 spiro atoms. The van der Waals surface area contributed by atoms with Crippen LogP contribution in [0.5, 0.6) is 0 Å². The van der Waals surface area contributed by atoms with Crippen molar-refractivity contribution >= 4 is 12.2 Å². The van der Waals surface area contributed by atoms with Gasteiger partial charge in [0.1, 0.15) is 0 Å². The zero-order valence-corrected chi connectivity index (χ0v) is 6.33. The van der Waals surface area contributed by atoms with Gasteiger partial charge < -0.3 is 0 Å². The largest absolute Gasteiger partial charge is 0.0801 e. The lowest BCUT2D eigenvalue weighted by atomic mass is 10.1.